The molecule has 1 aromatic heterocycles. The zero-order valence-electron chi connectivity index (χ0n) is 13.0. The fourth-order valence-corrected chi connectivity index (χ4v) is 4.76. The predicted molar refractivity (Wildman–Crippen MR) is 98.5 cm³/mol. The third-order valence-corrected chi connectivity index (χ3v) is 6.47. The summed E-state index contributed by atoms with van der Waals surface area (Å²) >= 11 is 1.22. The van der Waals surface area contributed by atoms with E-state index in [0.717, 1.165) is 21.4 Å². The summed E-state index contributed by atoms with van der Waals surface area (Å²) in [6.07, 6.45) is 7.60. The van der Waals surface area contributed by atoms with Gasteiger partial charge in [0.25, 0.3) is 0 Å². The molecule has 0 aliphatic heterocycles. The number of hydrogen-bond acceptors (Lipinski definition) is 4. The second-order valence-electron chi connectivity index (χ2n) is 5.11. The minimum atomic E-state index is -3.37. The molecule has 3 nitrogen and oxygen atoms in total. The van der Waals surface area contributed by atoms with Gasteiger partial charge in [-0.2, -0.15) is 0 Å². The van der Waals surface area contributed by atoms with Crippen LogP contribution in [0.5, 0.6) is 0 Å². The number of benzene rings is 1. The van der Waals surface area contributed by atoms with Crippen LogP contribution in [0.3, 0.4) is 0 Å². The zero-order chi connectivity index (χ0) is 16.9. The van der Waals surface area contributed by atoms with Crippen LogP contribution in [0.2, 0.25) is 0 Å². The number of rotatable bonds is 7. The first-order valence-corrected chi connectivity index (χ1v) is 9.64. The van der Waals surface area contributed by atoms with E-state index in [4.69, 9.17) is 0 Å². The Morgan fingerprint density at radius 1 is 1.30 bits per heavy atom. The molecule has 0 unspecified atom stereocenters. The number of hydrogen-bond donors (Lipinski definition) is 0. The van der Waals surface area contributed by atoms with Gasteiger partial charge in [-0.1, -0.05) is 55.2 Å². The van der Waals surface area contributed by atoms with E-state index in [1.807, 2.05) is 43.3 Å². The third kappa shape index (κ3) is 4.50. The van der Waals surface area contributed by atoms with Gasteiger partial charge in [-0.25, -0.2) is 13.4 Å². The minimum absolute atomic E-state index is 0.0493. The molecule has 2 aromatic rings. The second-order valence-corrected chi connectivity index (χ2v) is 8.43. The SMILES string of the molecule is C=C/C=C(C=C)\C=C(\C)CCS(=O)(=O)c1nc2ccccc2s1. The maximum Gasteiger partial charge on any atom is 0.210 e. The first-order valence-electron chi connectivity index (χ1n) is 7.17. The highest BCUT2D eigenvalue weighted by Crippen LogP contribution is 2.26. The number of para-hydroxylation sites is 1. The predicted octanol–water partition coefficient (Wildman–Crippen LogP) is 4.70. The molecule has 0 aliphatic rings. The van der Waals surface area contributed by atoms with Crippen molar-refractivity contribution in [1.82, 2.24) is 4.98 Å². The Bertz CT molecular complexity index is 854. The topological polar surface area (TPSA) is 47.0 Å². The average molecular weight is 345 g/mol. The molecule has 0 spiro atoms. The van der Waals surface area contributed by atoms with Gasteiger partial charge in [-0.15, -0.1) is 11.3 Å². The van der Waals surface area contributed by atoms with Gasteiger partial charge in [0.15, 0.2) is 0 Å². The van der Waals surface area contributed by atoms with E-state index in [-0.39, 0.29) is 10.1 Å². The van der Waals surface area contributed by atoms with E-state index in [9.17, 15) is 8.42 Å². The summed E-state index contributed by atoms with van der Waals surface area (Å²) in [5.74, 6) is 0.0493. The van der Waals surface area contributed by atoms with Crippen LogP contribution in [0.1, 0.15) is 13.3 Å². The fourth-order valence-electron chi connectivity index (χ4n) is 2.03. The standard InChI is InChI=1S/C18H19NO2S2/c1-4-8-15(5-2)13-14(3)11-12-23(20,21)18-19-16-9-6-7-10-17(16)22-18/h4-10,13H,1-2,11-12H2,3H3/b14-13-,15-8-. The molecule has 0 saturated heterocycles. The molecule has 120 valence electrons. The normalized spacial score (nSPS) is 13.3. The highest BCUT2D eigenvalue weighted by Gasteiger charge is 2.19. The Hall–Kier alpha value is -1.98. The molecule has 0 radical (unpaired) electrons. The van der Waals surface area contributed by atoms with Crippen molar-refractivity contribution in [3.8, 4) is 0 Å². The van der Waals surface area contributed by atoms with Crippen molar-refractivity contribution < 1.29 is 8.42 Å². The van der Waals surface area contributed by atoms with Gasteiger partial charge in [0.05, 0.1) is 16.0 Å². The summed E-state index contributed by atoms with van der Waals surface area (Å²) in [5.41, 5.74) is 2.61. The lowest BCUT2D eigenvalue weighted by molar-refractivity contribution is 0.594. The number of nitrogens with zero attached hydrogens (tertiary/aromatic N) is 1. The highest BCUT2D eigenvalue weighted by molar-refractivity contribution is 7.93. The van der Waals surface area contributed by atoms with Crippen molar-refractivity contribution in [2.45, 2.75) is 17.7 Å². The molecule has 5 heteroatoms. The molecule has 1 aromatic carbocycles. The van der Waals surface area contributed by atoms with Crippen LogP contribution in [0.4, 0.5) is 0 Å². The van der Waals surface area contributed by atoms with Crippen molar-refractivity contribution in [1.29, 1.82) is 0 Å². The lowest BCUT2D eigenvalue weighted by atomic mass is 10.1. The molecule has 0 fully saturated rings. The first kappa shape index (κ1) is 17.4. The Labute approximate surface area is 141 Å². The second kappa shape index (κ2) is 7.53. The molecule has 0 amide bonds. The van der Waals surface area contributed by atoms with Gasteiger partial charge < -0.3 is 0 Å². The summed E-state index contributed by atoms with van der Waals surface area (Å²) in [4.78, 5) is 4.24. The summed E-state index contributed by atoms with van der Waals surface area (Å²) in [7, 11) is -3.37. The van der Waals surface area contributed by atoms with E-state index in [1.165, 1.54) is 11.3 Å². The van der Waals surface area contributed by atoms with Crippen LogP contribution in [-0.4, -0.2) is 19.2 Å². The number of sulfone groups is 1. The van der Waals surface area contributed by atoms with E-state index in [1.54, 1.807) is 12.2 Å². The van der Waals surface area contributed by atoms with Crippen molar-refractivity contribution >= 4 is 31.4 Å². The summed E-state index contributed by atoms with van der Waals surface area (Å²) in [5, 5.41) is 0. The Morgan fingerprint density at radius 3 is 2.70 bits per heavy atom. The lowest BCUT2D eigenvalue weighted by Gasteiger charge is -2.02. The number of thiazole rings is 1. The monoisotopic (exact) mass is 345 g/mol. The molecule has 0 saturated carbocycles. The maximum absolute atomic E-state index is 12.5. The number of fused-ring (bicyclic) bond motifs is 1. The van der Waals surface area contributed by atoms with Gasteiger partial charge in [-0.3, -0.25) is 0 Å². The molecular formula is C18H19NO2S2. The van der Waals surface area contributed by atoms with Crippen molar-refractivity contribution in [2.75, 3.05) is 5.75 Å². The molecule has 0 N–H and O–H groups in total. The Balaban J connectivity index is 2.15. The molecule has 0 atom stereocenters. The van der Waals surface area contributed by atoms with Crippen molar-refractivity contribution in [3.63, 3.8) is 0 Å². The van der Waals surface area contributed by atoms with Gasteiger partial charge in [0.2, 0.25) is 14.2 Å². The highest BCUT2D eigenvalue weighted by atomic mass is 32.2. The van der Waals surface area contributed by atoms with Gasteiger partial charge in [0, 0.05) is 0 Å². The van der Waals surface area contributed by atoms with Crippen LogP contribution in [0.15, 0.2) is 77.2 Å². The quantitative estimate of drug-likeness (QED) is 0.683. The fraction of sp³-hybridized carbons (Fsp3) is 0.167. The van der Waals surface area contributed by atoms with Crippen molar-refractivity contribution in [3.05, 3.63) is 72.9 Å². The number of aromatic nitrogens is 1. The van der Waals surface area contributed by atoms with Crippen LogP contribution < -0.4 is 0 Å². The third-order valence-electron chi connectivity index (χ3n) is 3.26. The Morgan fingerprint density at radius 2 is 2.04 bits per heavy atom. The molecule has 1 heterocycles. The van der Waals surface area contributed by atoms with E-state index >= 15 is 0 Å². The largest absolute Gasteiger partial charge is 0.225 e. The summed E-state index contributed by atoms with van der Waals surface area (Å²) in [6.45, 7) is 9.28. The van der Waals surface area contributed by atoms with E-state index < -0.39 is 9.84 Å². The molecule has 0 bridgehead atoms. The van der Waals surface area contributed by atoms with Crippen LogP contribution >= 0.6 is 11.3 Å². The van der Waals surface area contributed by atoms with E-state index in [0.29, 0.717) is 6.42 Å². The van der Waals surface area contributed by atoms with Crippen LogP contribution in [0.25, 0.3) is 10.2 Å². The average Bonchev–Trinajstić information content (AvgIpc) is 2.97. The first-order chi connectivity index (χ1) is 11.0. The zero-order valence-corrected chi connectivity index (χ0v) is 14.7. The van der Waals surface area contributed by atoms with Crippen LogP contribution in [-0.2, 0) is 9.84 Å². The molecular weight excluding hydrogens is 326 g/mol. The molecule has 2 rings (SSSR count). The molecule has 0 aliphatic carbocycles. The minimum Gasteiger partial charge on any atom is -0.225 e. The number of allylic oxidation sites excluding steroid dienone is 6. The van der Waals surface area contributed by atoms with Gasteiger partial charge >= 0.3 is 0 Å². The van der Waals surface area contributed by atoms with Gasteiger partial charge in [-0.05, 0) is 31.1 Å². The van der Waals surface area contributed by atoms with Gasteiger partial charge in [0.1, 0.15) is 0 Å². The van der Waals surface area contributed by atoms with E-state index in [2.05, 4.69) is 18.1 Å². The lowest BCUT2D eigenvalue weighted by Crippen LogP contribution is -2.06. The molecule has 23 heavy (non-hydrogen) atoms. The van der Waals surface area contributed by atoms with Crippen LogP contribution in [0, 0.1) is 0 Å². The Kier molecular flexibility index (Phi) is 5.69. The summed E-state index contributed by atoms with van der Waals surface area (Å²) in [6, 6.07) is 7.45. The summed E-state index contributed by atoms with van der Waals surface area (Å²) < 4.78 is 26.0. The smallest absolute Gasteiger partial charge is 0.210 e. The maximum atomic E-state index is 12.5. The van der Waals surface area contributed by atoms with Crippen molar-refractivity contribution in [2.24, 2.45) is 0 Å².